The Labute approximate surface area is 199 Å². The van der Waals surface area contributed by atoms with Gasteiger partial charge in [0.15, 0.2) is 5.82 Å². The number of aliphatic hydroxyl groups is 2. The van der Waals surface area contributed by atoms with Crippen molar-refractivity contribution in [3.05, 3.63) is 93.3 Å². The molecule has 2 atom stereocenters. The van der Waals surface area contributed by atoms with Gasteiger partial charge in [-0.15, -0.1) is 0 Å². The van der Waals surface area contributed by atoms with Crippen LogP contribution in [0.25, 0.3) is 11.1 Å². The first-order valence-electron chi connectivity index (χ1n) is 10.9. The number of halogens is 1. The number of hydrogen-bond acceptors (Lipinski definition) is 7. The van der Waals surface area contributed by atoms with Crippen LogP contribution in [0.4, 0.5) is 14.9 Å². The van der Waals surface area contributed by atoms with E-state index in [1.165, 1.54) is 0 Å². The summed E-state index contributed by atoms with van der Waals surface area (Å²) in [6.45, 7) is 0.0407. The van der Waals surface area contributed by atoms with Crippen LogP contribution in [0.15, 0.2) is 60.7 Å². The van der Waals surface area contributed by atoms with Crippen molar-refractivity contribution in [3.63, 3.8) is 0 Å². The quantitative estimate of drug-likeness (QED) is 0.283. The van der Waals surface area contributed by atoms with Gasteiger partial charge in [0.2, 0.25) is 5.75 Å². The van der Waals surface area contributed by atoms with Gasteiger partial charge in [-0.3, -0.25) is 10.1 Å². The van der Waals surface area contributed by atoms with E-state index in [9.17, 15) is 34.6 Å². The van der Waals surface area contributed by atoms with Gasteiger partial charge in [-0.05, 0) is 40.3 Å². The first-order chi connectivity index (χ1) is 16.8. The molecule has 0 aliphatic heterocycles. The topological polar surface area (TPSA) is 142 Å². The van der Waals surface area contributed by atoms with E-state index in [4.69, 9.17) is 4.74 Å². The summed E-state index contributed by atoms with van der Waals surface area (Å²) < 4.78 is 19.2. The highest BCUT2D eigenvalue weighted by atomic mass is 19.1. The van der Waals surface area contributed by atoms with Crippen molar-refractivity contribution < 1.29 is 34.2 Å². The number of nitro groups is 1. The lowest BCUT2D eigenvalue weighted by Gasteiger charge is -2.19. The van der Waals surface area contributed by atoms with E-state index in [1.54, 1.807) is 0 Å². The van der Waals surface area contributed by atoms with Gasteiger partial charge in [-0.2, -0.15) is 0 Å². The van der Waals surface area contributed by atoms with E-state index in [-0.39, 0.29) is 31.1 Å². The van der Waals surface area contributed by atoms with Crippen LogP contribution >= 0.6 is 0 Å². The van der Waals surface area contributed by atoms with Crippen LogP contribution in [0, 0.1) is 15.9 Å². The van der Waals surface area contributed by atoms with Gasteiger partial charge in [0, 0.05) is 18.5 Å². The number of rotatable bonds is 8. The zero-order valence-corrected chi connectivity index (χ0v) is 18.4. The molecule has 1 amide bonds. The number of ether oxygens (including phenoxy) is 1. The normalized spacial score (nSPS) is 14.0. The third kappa shape index (κ3) is 4.93. The van der Waals surface area contributed by atoms with E-state index in [0.717, 1.165) is 28.3 Å². The number of hydrogen-bond donors (Lipinski definition) is 4. The molecular weight excluding hydrogens is 459 g/mol. The lowest BCUT2D eigenvalue weighted by Crippen LogP contribution is -2.30. The second kappa shape index (κ2) is 10.1. The Morgan fingerprint density at radius 3 is 2.29 bits per heavy atom. The molecule has 3 aromatic rings. The maximum atomic E-state index is 13.8. The molecule has 4 N–H and O–H groups in total. The number of benzene rings is 3. The minimum absolute atomic E-state index is 0.0719. The number of aliphatic hydroxyl groups excluding tert-OH is 2. The number of alkyl carbamates (subject to hydrolysis) is 1. The standard InChI is InChI=1S/C25H23FN2O7/c26-20-11-14(12-21(24(20)31)28(33)34)23(30)22(29)9-10-27-25(32)35-13-19-17-7-3-1-5-15(17)16-6-2-4-8-18(16)19/h1-8,11-12,19,22-23,29-31H,9-10,13H2,(H,27,32). The highest BCUT2D eigenvalue weighted by Crippen LogP contribution is 2.44. The molecule has 9 nitrogen and oxygen atoms in total. The van der Waals surface area contributed by atoms with Gasteiger partial charge in [0.25, 0.3) is 0 Å². The maximum absolute atomic E-state index is 13.8. The molecule has 0 saturated carbocycles. The second-order valence-electron chi connectivity index (χ2n) is 8.18. The average molecular weight is 482 g/mol. The highest BCUT2D eigenvalue weighted by Gasteiger charge is 2.29. The van der Waals surface area contributed by atoms with Crippen molar-refractivity contribution in [3.8, 4) is 16.9 Å². The molecule has 0 fully saturated rings. The molecule has 10 heteroatoms. The van der Waals surface area contributed by atoms with Crippen LogP contribution in [0.5, 0.6) is 5.75 Å². The minimum atomic E-state index is -1.67. The van der Waals surface area contributed by atoms with Gasteiger partial charge >= 0.3 is 11.8 Å². The molecule has 0 saturated heterocycles. The van der Waals surface area contributed by atoms with Crippen LogP contribution in [0.3, 0.4) is 0 Å². The van der Waals surface area contributed by atoms with Crippen LogP contribution in [0.2, 0.25) is 0 Å². The summed E-state index contributed by atoms with van der Waals surface area (Å²) in [4.78, 5) is 22.1. The summed E-state index contributed by atoms with van der Waals surface area (Å²) in [5, 5.41) is 43.3. The van der Waals surface area contributed by atoms with Gasteiger partial charge < -0.3 is 25.4 Å². The average Bonchev–Trinajstić information content (AvgIpc) is 3.17. The molecule has 3 aromatic carbocycles. The Balaban J connectivity index is 1.31. The van der Waals surface area contributed by atoms with Gasteiger partial charge in [0.05, 0.1) is 11.0 Å². The third-order valence-electron chi connectivity index (χ3n) is 6.02. The molecule has 0 aromatic heterocycles. The van der Waals surface area contributed by atoms with Crippen LogP contribution < -0.4 is 5.32 Å². The summed E-state index contributed by atoms with van der Waals surface area (Å²) in [6, 6.07) is 17.3. The first-order valence-corrected chi connectivity index (χ1v) is 10.9. The van der Waals surface area contributed by atoms with Crippen molar-refractivity contribution in [2.24, 2.45) is 0 Å². The fraction of sp³-hybridized carbons (Fsp3) is 0.240. The molecule has 0 bridgehead atoms. The predicted molar refractivity (Wildman–Crippen MR) is 123 cm³/mol. The Morgan fingerprint density at radius 1 is 1.09 bits per heavy atom. The minimum Gasteiger partial charge on any atom is -0.500 e. The molecule has 4 rings (SSSR count). The summed E-state index contributed by atoms with van der Waals surface area (Å²) >= 11 is 0. The van der Waals surface area contributed by atoms with Crippen molar-refractivity contribution >= 4 is 11.8 Å². The fourth-order valence-electron chi connectivity index (χ4n) is 4.27. The Bertz CT molecular complexity index is 1220. The lowest BCUT2D eigenvalue weighted by atomic mass is 9.98. The number of carbonyl (C=O) groups excluding carboxylic acids is 1. The van der Waals surface area contributed by atoms with Crippen molar-refractivity contribution in [2.75, 3.05) is 13.2 Å². The molecule has 182 valence electrons. The first kappa shape index (κ1) is 24.1. The molecule has 1 aliphatic rings. The predicted octanol–water partition coefficient (Wildman–Crippen LogP) is 3.76. The maximum Gasteiger partial charge on any atom is 0.407 e. The van der Waals surface area contributed by atoms with Crippen molar-refractivity contribution in [1.82, 2.24) is 5.32 Å². The van der Waals surface area contributed by atoms with Crippen LogP contribution in [-0.2, 0) is 4.74 Å². The molecule has 0 radical (unpaired) electrons. The van der Waals surface area contributed by atoms with E-state index in [1.807, 2.05) is 48.5 Å². The number of phenols is 1. The third-order valence-corrected chi connectivity index (χ3v) is 6.02. The summed E-state index contributed by atoms with van der Waals surface area (Å²) in [5.74, 6) is -2.56. The number of nitrogens with zero attached hydrogens (tertiary/aromatic N) is 1. The fourth-order valence-corrected chi connectivity index (χ4v) is 4.27. The zero-order chi connectivity index (χ0) is 25.1. The van der Waals surface area contributed by atoms with Crippen LogP contribution in [0.1, 0.15) is 35.1 Å². The number of nitro benzene ring substituents is 1. The summed E-state index contributed by atoms with van der Waals surface area (Å²) in [6.07, 6.45) is -3.98. The molecule has 35 heavy (non-hydrogen) atoms. The molecule has 0 heterocycles. The van der Waals surface area contributed by atoms with Crippen molar-refractivity contribution in [1.29, 1.82) is 0 Å². The van der Waals surface area contributed by atoms with Gasteiger partial charge in [-0.1, -0.05) is 48.5 Å². The number of aromatic hydroxyl groups is 1. The van der Waals surface area contributed by atoms with Crippen molar-refractivity contribution in [2.45, 2.75) is 24.5 Å². The van der Waals surface area contributed by atoms with E-state index < -0.39 is 40.5 Å². The number of carbonyl (C=O) groups is 1. The van der Waals surface area contributed by atoms with Gasteiger partial charge in [-0.25, -0.2) is 9.18 Å². The second-order valence-corrected chi connectivity index (χ2v) is 8.18. The van der Waals surface area contributed by atoms with Gasteiger partial charge in [0.1, 0.15) is 12.7 Å². The highest BCUT2D eigenvalue weighted by molar-refractivity contribution is 5.79. The molecular formula is C25H23FN2O7. The number of nitrogens with one attached hydrogen (secondary N) is 1. The monoisotopic (exact) mass is 482 g/mol. The largest absolute Gasteiger partial charge is 0.500 e. The smallest absolute Gasteiger partial charge is 0.407 e. The summed E-state index contributed by atoms with van der Waals surface area (Å²) in [7, 11) is 0. The molecule has 2 unspecified atom stereocenters. The lowest BCUT2D eigenvalue weighted by molar-refractivity contribution is -0.386. The SMILES string of the molecule is O=C(NCCC(O)C(O)c1cc(F)c(O)c([N+](=O)[O-])c1)OCC1c2ccccc2-c2ccccc21. The Hall–Kier alpha value is -4.02. The van der Waals surface area contributed by atoms with Crippen LogP contribution in [-0.4, -0.2) is 45.6 Å². The van der Waals surface area contributed by atoms with E-state index >= 15 is 0 Å². The molecule has 1 aliphatic carbocycles. The summed E-state index contributed by atoms with van der Waals surface area (Å²) in [5.41, 5.74) is 3.12. The Kier molecular flexibility index (Phi) is 6.94. The number of phenolic OH excluding ortho intramolecular Hbond substituents is 1. The van der Waals surface area contributed by atoms with E-state index in [2.05, 4.69) is 5.32 Å². The molecule has 0 spiro atoms. The number of amides is 1. The zero-order valence-electron chi connectivity index (χ0n) is 18.4. The Morgan fingerprint density at radius 2 is 1.69 bits per heavy atom. The number of fused-ring (bicyclic) bond motifs is 3. The van der Waals surface area contributed by atoms with E-state index in [0.29, 0.717) is 6.07 Å².